The molecule has 1 aliphatic heterocycles. The van der Waals surface area contributed by atoms with Gasteiger partial charge in [-0.05, 0) is 31.4 Å². The van der Waals surface area contributed by atoms with E-state index in [1.807, 2.05) is 6.07 Å². The zero-order valence-electron chi connectivity index (χ0n) is 13.3. The Balaban J connectivity index is 1.57. The highest BCUT2D eigenvalue weighted by atomic mass is 32.1. The van der Waals surface area contributed by atoms with Crippen LogP contribution in [0.25, 0.3) is 0 Å². The molecule has 1 amide bonds. The number of carbonyl (C=O) groups is 1. The summed E-state index contributed by atoms with van der Waals surface area (Å²) in [7, 11) is 0. The topological polar surface area (TPSA) is 59.2 Å². The van der Waals surface area contributed by atoms with Gasteiger partial charge in [-0.2, -0.15) is 0 Å². The van der Waals surface area contributed by atoms with Crippen LogP contribution in [0.3, 0.4) is 0 Å². The lowest BCUT2D eigenvalue weighted by Gasteiger charge is -2.32. The van der Waals surface area contributed by atoms with E-state index < -0.39 is 0 Å². The van der Waals surface area contributed by atoms with Gasteiger partial charge in [-0.1, -0.05) is 36.8 Å². The molecular weight excluding hydrogens is 306 g/mol. The number of aryl methyl sites for hydroxylation is 2. The molecule has 2 heterocycles. The van der Waals surface area contributed by atoms with Gasteiger partial charge in [0.15, 0.2) is 0 Å². The molecule has 1 atom stereocenters. The van der Waals surface area contributed by atoms with Crippen LogP contribution in [0.5, 0.6) is 0 Å². The molecule has 4 nitrogen and oxygen atoms in total. The van der Waals surface area contributed by atoms with E-state index >= 15 is 0 Å². The monoisotopic (exact) mass is 329 g/mol. The number of hydrogen-bond donors (Lipinski definition) is 1. The third-order valence-corrected chi connectivity index (χ3v) is 5.33. The molecule has 2 aromatic rings. The maximum absolute atomic E-state index is 11.6. The number of thiazole rings is 1. The molecule has 1 saturated heterocycles. The van der Waals surface area contributed by atoms with E-state index in [9.17, 15) is 4.79 Å². The van der Waals surface area contributed by atoms with E-state index in [-0.39, 0.29) is 11.9 Å². The molecule has 5 heteroatoms. The average molecular weight is 329 g/mol. The van der Waals surface area contributed by atoms with Crippen molar-refractivity contribution in [3.63, 3.8) is 0 Å². The maximum Gasteiger partial charge on any atom is 0.234 e. The van der Waals surface area contributed by atoms with Gasteiger partial charge in [0, 0.05) is 18.3 Å². The zero-order chi connectivity index (χ0) is 16.1. The van der Waals surface area contributed by atoms with Gasteiger partial charge in [-0.15, -0.1) is 11.3 Å². The van der Waals surface area contributed by atoms with Crippen molar-refractivity contribution in [2.24, 2.45) is 5.73 Å². The predicted octanol–water partition coefficient (Wildman–Crippen LogP) is 2.77. The molecule has 0 unspecified atom stereocenters. The summed E-state index contributed by atoms with van der Waals surface area (Å²) >= 11 is 1.71. The van der Waals surface area contributed by atoms with Crippen LogP contribution in [0.2, 0.25) is 0 Å². The van der Waals surface area contributed by atoms with Crippen LogP contribution in [0.4, 0.5) is 0 Å². The first-order valence-corrected chi connectivity index (χ1v) is 9.11. The minimum absolute atomic E-state index is 0.127. The third-order valence-electron chi connectivity index (χ3n) is 4.38. The van der Waals surface area contributed by atoms with E-state index in [0.717, 1.165) is 55.9 Å². The van der Waals surface area contributed by atoms with E-state index in [0.29, 0.717) is 0 Å². The first kappa shape index (κ1) is 16.1. The molecule has 0 aliphatic carbocycles. The number of aromatic nitrogens is 1. The van der Waals surface area contributed by atoms with Gasteiger partial charge >= 0.3 is 0 Å². The van der Waals surface area contributed by atoms with Crippen molar-refractivity contribution in [1.29, 1.82) is 0 Å². The summed E-state index contributed by atoms with van der Waals surface area (Å²) < 4.78 is 0. The normalized spacial score (nSPS) is 18.9. The number of nitrogens with two attached hydrogens (primary N) is 1. The van der Waals surface area contributed by atoms with Gasteiger partial charge in [0.25, 0.3) is 0 Å². The average Bonchev–Trinajstić information content (AvgIpc) is 3.02. The number of piperidine rings is 1. The molecule has 122 valence electrons. The molecule has 0 saturated carbocycles. The number of amides is 1. The molecule has 1 fully saturated rings. The smallest absolute Gasteiger partial charge is 0.234 e. The fourth-order valence-electron chi connectivity index (χ4n) is 3.14. The summed E-state index contributed by atoms with van der Waals surface area (Å²) in [5.41, 5.74) is 7.93. The minimum atomic E-state index is -0.204. The fraction of sp³-hybridized carbons (Fsp3) is 0.444. The van der Waals surface area contributed by atoms with E-state index in [2.05, 4.69) is 34.5 Å². The van der Waals surface area contributed by atoms with Crippen LogP contribution in [0.15, 0.2) is 35.7 Å². The Kier molecular flexibility index (Phi) is 5.41. The van der Waals surface area contributed by atoms with Crippen molar-refractivity contribution in [1.82, 2.24) is 9.88 Å². The number of likely N-dealkylation sites (tertiary alicyclic amines) is 1. The molecule has 2 N–H and O–H groups in total. The Bertz CT molecular complexity index is 641. The van der Waals surface area contributed by atoms with Gasteiger partial charge < -0.3 is 5.73 Å². The second-order valence-corrected chi connectivity index (χ2v) is 7.05. The summed E-state index contributed by atoms with van der Waals surface area (Å²) in [6.07, 6.45) is 5.08. The molecular formula is C18H23N3OS. The summed E-state index contributed by atoms with van der Waals surface area (Å²) in [5.74, 6) is -0.204. The number of nitrogens with zero attached hydrogens (tertiary/aromatic N) is 2. The number of rotatable bonds is 6. The van der Waals surface area contributed by atoms with Crippen molar-refractivity contribution >= 4 is 17.2 Å². The van der Waals surface area contributed by atoms with Crippen molar-refractivity contribution < 1.29 is 4.79 Å². The van der Waals surface area contributed by atoms with Crippen molar-refractivity contribution in [3.8, 4) is 0 Å². The molecule has 3 rings (SSSR count). The zero-order valence-corrected chi connectivity index (χ0v) is 14.1. The van der Waals surface area contributed by atoms with Gasteiger partial charge in [0.1, 0.15) is 0 Å². The molecule has 0 radical (unpaired) electrons. The first-order chi connectivity index (χ1) is 11.2. The van der Waals surface area contributed by atoms with Crippen molar-refractivity contribution in [2.75, 3.05) is 6.54 Å². The van der Waals surface area contributed by atoms with Crippen LogP contribution in [0.1, 0.15) is 35.5 Å². The van der Waals surface area contributed by atoms with Crippen molar-refractivity contribution in [2.45, 2.75) is 44.7 Å². The van der Waals surface area contributed by atoms with Gasteiger partial charge in [-0.3, -0.25) is 9.69 Å². The SMILES string of the molecule is NC(=O)[C@@H]1CCCCN1Cc1csc(CCc2ccccc2)n1. The van der Waals surface area contributed by atoms with Crippen LogP contribution >= 0.6 is 11.3 Å². The van der Waals surface area contributed by atoms with Gasteiger partial charge in [0.2, 0.25) is 5.91 Å². The second-order valence-electron chi connectivity index (χ2n) is 6.10. The standard InChI is InChI=1S/C18H23N3OS/c19-18(22)16-8-4-5-11-21(16)12-15-13-23-17(20-15)10-9-14-6-2-1-3-7-14/h1-3,6-7,13,16H,4-5,8-12H2,(H2,19,22)/t16-/m0/s1. The molecule has 0 bridgehead atoms. The lowest BCUT2D eigenvalue weighted by Crippen LogP contribution is -2.47. The highest BCUT2D eigenvalue weighted by Crippen LogP contribution is 2.21. The predicted molar refractivity (Wildman–Crippen MR) is 93.2 cm³/mol. The van der Waals surface area contributed by atoms with Crippen LogP contribution in [-0.2, 0) is 24.2 Å². The van der Waals surface area contributed by atoms with Crippen LogP contribution < -0.4 is 5.73 Å². The molecule has 23 heavy (non-hydrogen) atoms. The Labute approximate surface area is 141 Å². The third kappa shape index (κ3) is 4.39. The minimum Gasteiger partial charge on any atom is -0.368 e. The fourth-order valence-corrected chi connectivity index (χ4v) is 3.93. The van der Waals surface area contributed by atoms with Gasteiger partial charge in [0.05, 0.1) is 16.7 Å². The van der Waals surface area contributed by atoms with Crippen molar-refractivity contribution in [3.05, 3.63) is 52.0 Å². The summed E-state index contributed by atoms with van der Waals surface area (Å²) in [4.78, 5) is 18.5. The maximum atomic E-state index is 11.6. The molecule has 1 aromatic carbocycles. The first-order valence-electron chi connectivity index (χ1n) is 8.23. The van der Waals surface area contributed by atoms with Crippen LogP contribution in [0, 0.1) is 0 Å². The Morgan fingerprint density at radius 1 is 1.26 bits per heavy atom. The van der Waals surface area contributed by atoms with E-state index in [1.54, 1.807) is 11.3 Å². The Hall–Kier alpha value is -1.72. The quantitative estimate of drug-likeness (QED) is 0.886. The summed E-state index contributed by atoms with van der Waals surface area (Å²) in [6.45, 7) is 1.67. The molecule has 1 aliphatic rings. The summed E-state index contributed by atoms with van der Waals surface area (Å²) in [6, 6.07) is 10.4. The second kappa shape index (κ2) is 7.70. The van der Waals surface area contributed by atoms with E-state index in [1.165, 1.54) is 5.56 Å². The lowest BCUT2D eigenvalue weighted by molar-refractivity contribution is -0.124. The van der Waals surface area contributed by atoms with E-state index in [4.69, 9.17) is 10.7 Å². The number of carbonyl (C=O) groups excluding carboxylic acids is 1. The van der Waals surface area contributed by atoms with Crippen LogP contribution in [-0.4, -0.2) is 28.4 Å². The van der Waals surface area contributed by atoms with Gasteiger partial charge in [-0.25, -0.2) is 4.98 Å². The highest BCUT2D eigenvalue weighted by molar-refractivity contribution is 7.09. The largest absolute Gasteiger partial charge is 0.368 e. The molecule has 0 spiro atoms. The number of hydrogen-bond acceptors (Lipinski definition) is 4. The highest BCUT2D eigenvalue weighted by Gasteiger charge is 2.27. The lowest BCUT2D eigenvalue weighted by atomic mass is 10.0. The Morgan fingerprint density at radius 2 is 2.09 bits per heavy atom. The number of benzene rings is 1. The Morgan fingerprint density at radius 3 is 2.87 bits per heavy atom. The number of primary amides is 1. The summed E-state index contributed by atoms with van der Waals surface area (Å²) in [5, 5.41) is 3.28. The molecule has 1 aromatic heterocycles.